The second kappa shape index (κ2) is 5.33. The number of para-hydroxylation sites is 2. The number of nitrogens with one attached hydrogen (secondary N) is 1. The molecular formula is C14H14N2O2. The summed E-state index contributed by atoms with van der Waals surface area (Å²) in [6.07, 6.45) is 0. The highest BCUT2D eigenvalue weighted by Crippen LogP contribution is 2.22. The van der Waals surface area contributed by atoms with Crippen LogP contribution in [-0.4, -0.2) is 11.0 Å². The molecule has 4 heteroatoms. The summed E-state index contributed by atoms with van der Waals surface area (Å²) in [5.74, 6) is -0.242. The Kier molecular flexibility index (Phi) is 3.60. The number of carbonyl (C=O) groups excluding carboxylic acids is 1. The van der Waals surface area contributed by atoms with Crippen molar-refractivity contribution in [2.75, 3.05) is 5.32 Å². The Morgan fingerprint density at radius 2 is 1.78 bits per heavy atom. The van der Waals surface area contributed by atoms with Gasteiger partial charge in [-0.15, -0.1) is 0 Å². The lowest BCUT2D eigenvalue weighted by molar-refractivity contribution is 0.102. The molecule has 92 valence electrons. The van der Waals surface area contributed by atoms with E-state index in [4.69, 9.17) is 5.73 Å². The van der Waals surface area contributed by atoms with Crippen LogP contribution in [0.2, 0.25) is 0 Å². The van der Waals surface area contributed by atoms with Gasteiger partial charge in [-0.05, 0) is 23.8 Å². The Labute approximate surface area is 105 Å². The minimum absolute atomic E-state index is 0.0380. The van der Waals surface area contributed by atoms with Gasteiger partial charge in [-0.1, -0.05) is 30.3 Å². The van der Waals surface area contributed by atoms with Crippen molar-refractivity contribution in [1.82, 2.24) is 0 Å². The maximum Gasteiger partial charge on any atom is 0.256 e. The van der Waals surface area contributed by atoms with Gasteiger partial charge in [0.15, 0.2) is 0 Å². The van der Waals surface area contributed by atoms with Crippen molar-refractivity contribution in [1.29, 1.82) is 0 Å². The maximum absolute atomic E-state index is 12.1. The summed E-state index contributed by atoms with van der Waals surface area (Å²) in [7, 11) is 0. The summed E-state index contributed by atoms with van der Waals surface area (Å²) >= 11 is 0. The van der Waals surface area contributed by atoms with Gasteiger partial charge in [0, 0.05) is 12.1 Å². The molecule has 0 aliphatic carbocycles. The Morgan fingerprint density at radius 1 is 1.11 bits per heavy atom. The number of anilines is 1. The first-order chi connectivity index (χ1) is 8.72. The van der Waals surface area contributed by atoms with E-state index in [2.05, 4.69) is 5.32 Å². The number of carbonyl (C=O) groups is 1. The van der Waals surface area contributed by atoms with E-state index < -0.39 is 0 Å². The third kappa shape index (κ3) is 2.49. The second-order valence-electron chi connectivity index (χ2n) is 3.83. The van der Waals surface area contributed by atoms with Crippen LogP contribution >= 0.6 is 0 Å². The molecule has 4 nitrogen and oxygen atoms in total. The van der Waals surface area contributed by atoms with E-state index in [0.29, 0.717) is 17.8 Å². The zero-order chi connectivity index (χ0) is 13.0. The Morgan fingerprint density at radius 3 is 2.50 bits per heavy atom. The highest BCUT2D eigenvalue weighted by atomic mass is 16.3. The molecule has 0 fully saturated rings. The standard InChI is InChI=1S/C14H14N2O2/c15-9-10-5-1-2-6-11(10)14(18)16-12-7-3-4-8-13(12)17/h1-8,17H,9,15H2,(H,16,18). The number of phenolic OH excluding ortho intramolecular Hbond substituents is 1. The average Bonchev–Trinajstić information content (AvgIpc) is 2.41. The number of aromatic hydroxyl groups is 1. The van der Waals surface area contributed by atoms with Gasteiger partial charge in [0.1, 0.15) is 5.75 Å². The number of nitrogens with two attached hydrogens (primary N) is 1. The summed E-state index contributed by atoms with van der Waals surface area (Å²) in [5.41, 5.74) is 7.25. The van der Waals surface area contributed by atoms with Crippen LogP contribution in [0.25, 0.3) is 0 Å². The minimum atomic E-state index is -0.280. The fourth-order valence-electron chi connectivity index (χ4n) is 1.69. The molecule has 0 spiro atoms. The first kappa shape index (κ1) is 12.1. The highest BCUT2D eigenvalue weighted by molar-refractivity contribution is 6.05. The quantitative estimate of drug-likeness (QED) is 0.721. The van der Waals surface area contributed by atoms with E-state index in [9.17, 15) is 9.90 Å². The van der Waals surface area contributed by atoms with Crippen molar-refractivity contribution in [3.63, 3.8) is 0 Å². The molecule has 0 atom stereocenters. The molecule has 1 amide bonds. The summed E-state index contributed by atoms with van der Waals surface area (Å²) in [5, 5.41) is 12.3. The lowest BCUT2D eigenvalue weighted by Crippen LogP contribution is -2.15. The molecule has 0 heterocycles. The van der Waals surface area contributed by atoms with Crippen LogP contribution in [0.4, 0.5) is 5.69 Å². The van der Waals surface area contributed by atoms with Gasteiger partial charge in [0.05, 0.1) is 5.69 Å². The molecule has 0 saturated carbocycles. The van der Waals surface area contributed by atoms with Crippen molar-refractivity contribution in [3.05, 3.63) is 59.7 Å². The molecule has 2 aromatic carbocycles. The fourth-order valence-corrected chi connectivity index (χ4v) is 1.69. The van der Waals surface area contributed by atoms with Crippen molar-refractivity contribution in [3.8, 4) is 5.75 Å². The van der Waals surface area contributed by atoms with E-state index in [1.807, 2.05) is 6.07 Å². The van der Waals surface area contributed by atoms with E-state index in [-0.39, 0.29) is 11.7 Å². The number of rotatable bonds is 3. The minimum Gasteiger partial charge on any atom is -0.506 e. The van der Waals surface area contributed by atoms with Crippen molar-refractivity contribution in [2.45, 2.75) is 6.54 Å². The van der Waals surface area contributed by atoms with Crippen LogP contribution in [0.1, 0.15) is 15.9 Å². The lowest BCUT2D eigenvalue weighted by Gasteiger charge is -2.09. The smallest absolute Gasteiger partial charge is 0.256 e. The third-order valence-corrected chi connectivity index (χ3v) is 2.63. The van der Waals surface area contributed by atoms with Gasteiger partial charge in [0.2, 0.25) is 0 Å². The van der Waals surface area contributed by atoms with Gasteiger partial charge in [0.25, 0.3) is 5.91 Å². The molecule has 2 rings (SSSR count). The zero-order valence-electron chi connectivity index (χ0n) is 9.76. The van der Waals surface area contributed by atoms with Crippen LogP contribution in [-0.2, 0) is 6.54 Å². The summed E-state index contributed by atoms with van der Waals surface area (Å²) < 4.78 is 0. The normalized spacial score (nSPS) is 10.1. The summed E-state index contributed by atoms with van der Waals surface area (Å²) in [6, 6.07) is 13.7. The van der Waals surface area contributed by atoms with Gasteiger partial charge in [-0.2, -0.15) is 0 Å². The molecule has 0 bridgehead atoms. The van der Waals surface area contributed by atoms with Gasteiger partial charge in [-0.3, -0.25) is 4.79 Å². The van der Waals surface area contributed by atoms with Crippen LogP contribution < -0.4 is 11.1 Å². The summed E-state index contributed by atoms with van der Waals surface area (Å²) in [4.78, 5) is 12.1. The van der Waals surface area contributed by atoms with Crippen LogP contribution in [0, 0.1) is 0 Å². The van der Waals surface area contributed by atoms with Crippen molar-refractivity contribution >= 4 is 11.6 Å². The van der Waals surface area contributed by atoms with E-state index in [1.54, 1.807) is 36.4 Å². The molecular weight excluding hydrogens is 228 g/mol. The number of benzene rings is 2. The molecule has 4 N–H and O–H groups in total. The van der Waals surface area contributed by atoms with Crippen LogP contribution in [0.15, 0.2) is 48.5 Å². The fraction of sp³-hybridized carbons (Fsp3) is 0.0714. The van der Waals surface area contributed by atoms with Gasteiger partial charge >= 0.3 is 0 Å². The first-order valence-corrected chi connectivity index (χ1v) is 5.59. The topological polar surface area (TPSA) is 75.4 Å². The average molecular weight is 242 g/mol. The number of hydrogen-bond donors (Lipinski definition) is 3. The summed E-state index contributed by atoms with van der Waals surface area (Å²) in [6.45, 7) is 0.296. The van der Waals surface area contributed by atoms with E-state index in [0.717, 1.165) is 5.56 Å². The van der Waals surface area contributed by atoms with Gasteiger partial charge in [-0.25, -0.2) is 0 Å². The molecule has 0 aromatic heterocycles. The number of phenols is 1. The molecule has 0 aliphatic rings. The maximum atomic E-state index is 12.1. The number of hydrogen-bond acceptors (Lipinski definition) is 3. The molecule has 0 radical (unpaired) electrons. The van der Waals surface area contributed by atoms with Crippen LogP contribution in [0.5, 0.6) is 5.75 Å². The van der Waals surface area contributed by atoms with Crippen molar-refractivity contribution in [2.24, 2.45) is 5.73 Å². The van der Waals surface area contributed by atoms with Gasteiger partial charge < -0.3 is 16.2 Å². The number of amides is 1. The second-order valence-corrected chi connectivity index (χ2v) is 3.83. The molecule has 0 unspecified atom stereocenters. The lowest BCUT2D eigenvalue weighted by atomic mass is 10.1. The van der Waals surface area contributed by atoms with E-state index in [1.165, 1.54) is 6.07 Å². The predicted molar refractivity (Wildman–Crippen MR) is 70.4 cm³/mol. The molecule has 18 heavy (non-hydrogen) atoms. The first-order valence-electron chi connectivity index (χ1n) is 5.59. The largest absolute Gasteiger partial charge is 0.506 e. The monoisotopic (exact) mass is 242 g/mol. The predicted octanol–water partition coefficient (Wildman–Crippen LogP) is 2.10. The van der Waals surface area contributed by atoms with Crippen LogP contribution in [0.3, 0.4) is 0 Å². The SMILES string of the molecule is NCc1ccccc1C(=O)Nc1ccccc1O. The zero-order valence-corrected chi connectivity index (χ0v) is 9.76. The molecule has 0 saturated heterocycles. The Hall–Kier alpha value is -2.33. The van der Waals surface area contributed by atoms with Crippen molar-refractivity contribution < 1.29 is 9.90 Å². The third-order valence-electron chi connectivity index (χ3n) is 2.63. The van der Waals surface area contributed by atoms with E-state index >= 15 is 0 Å². The Bertz CT molecular complexity index is 567. The highest BCUT2D eigenvalue weighted by Gasteiger charge is 2.11. The molecule has 0 aliphatic heterocycles. The Balaban J connectivity index is 2.25. The molecule has 2 aromatic rings.